The van der Waals surface area contributed by atoms with E-state index in [1.807, 2.05) is 6.92 Å². The molecule has 10 heteroatoms. The Hall–Kier alpha value is -1.75. The Morgan fingerprint density at radius 2 is 1.36 bits per heavy atom. The largest absolute Gasteiger partial charge is 0.462 e. The molecule has 0 spiro atoms. The molecular weight excluding hydrogens is 376 g/mol. The van der Waals surface area contributed by atoms with Gasteiger partial charge < -0.3 is 33.2 Å². The molecule has 3 unspecified atom stereocenters. The summed E-state index contributed by atoms with van der Waals surface area (Å²) in [5, 5.41) is 0. The number of carbonyl (C=O) groups is 3. The van der Waals surface area contributed by atoms with Crippen LogP contribution in [-0.2, 0) is 47.5 Å². The van der Waals surface area contributed by atoms with E-state index in [4.69, 9.17) is 33.2 Å². The molecule has 0 bridgehead atoms. The molecule has 0 saturated heterocycles. The van der Waals surface area contributed by atoms with Crippen molar-refractivity contribution in [1.82, 2.24) is 0 Å². The van der Waals surface area contributed by atoms with Gasteiger partial charge in [0.05, 0.1) is 26.4 Å². The van der Waals surface area contributed by atoms with Gasteiger partial charge >= 0.3 is 24.4 Å². The number of hydrogen-bond acceptors (Lipinski definition) is 10. The lowest BCUT2D eigenvalue weighted by atomic mass is 10.2. The molecular formula is C18H32O10. The lowest BCUT2D eigenvalue weighted by Gasteiger charge is -2.27. The molecule has 0 aliphatic carbocycles. The lowest BCUT2D eigenvalue weighted by molar-refractivity contribution is -0.300. The normalized spacial score (nSPS) is 14.0. The minimum atomic E-state index is -1.33. The molecule has 10 nitrogen and oxygen atoms in total. The second kappa shape index (κ2) is 16.2. The molecule has 0 aromatic rings. The van der Waals surface area contributed by atoms with Crippen LogP contribution in [-0.4, -0.2) is 76.2 Å². The molecule has 0 aromatic heterocycles. The first kappa shape index (κ1) is 26.2. The summed E-state index contributed by atoms with van der Waals surface area (Å²) in [6.45, 7) is 7.61. The van der Waals surface area contributed by atoms with Gasteiger partial charge in [-0.3, -0.25) is 14.4 Å². The Balaban J connectivity index is 4.45. The monoisotopic (exact) mass is 408 g/mol. The highest BCUT2D eigenvalue weighted by atomic mass is 16.9. The summed E-state index contributed by atoms with van der Waals surface area (Å²) in [6.07, 6.45) is -0.736. The van der Waals surface area contributed by atoms with Crippen molar-refractivity contribution < 1.29 is 47.5 Å². The molecule has 0 radical (unpaired) electrons. The van der Waals surface area contributed by atoms with Crippen LogP contribution in [0, 0.1) is 0 Å². The van der Waals surface area contributed by atoms with Crippen molar-refractivity contribution in [3.8, 4) is 0 Å². The maximum atomic E-state index is 11.2. The molecule has 0 amide bonds. The highest BCUT2D eigenvalue weighted by Crippen LogP contribution is 2.11. The van der Waals surface area contributed by atoms with Gasteiger partial charge in [-0.05, 0) is 13.3 Å². The quantitative estimate of drug-likeness (QED) is 0.160. The molecule has 0 fully saturated rings. The summed E-state index contributed by atoms with van der Waals surface area (Å²) in [4.78, 5) is 33.5. The van der Waals surface area contributed by atoms with Crippen molar-refractivity contribution in [3.63, 3.8) is 0 Å². The first-order valence-corrected chi connectivity index (χ1v) is 9.16. The average molecular weight is 408 g/mol. The van der Waals surface area contributed by atoms with Crippen LogP contribution in [0.2, 0.25) is 0 Å². The molecule has 164 valence electrons. The third-order valence-corrected chi connectivity index (χ3v) is 3.08. The number of rotatable bonds is 16. The predicted octanol–water partition coefficient (Wildman–Crippen LogP) is 1.19. The van der Waals surface area contributed by atoms with E-state index in [1.54, 1.807) is 6.92 Å². The van der Waals surface area contributed by atoms with E-state index < -0.39 is 36.6 Å². The van der Waals surface area contributed by atoms with Crippen molar-refractivity contribution in [2.45, 2.75) is 59.7 Å². The average Bonchev–Trinajstić information content (AvgIpc) is 2.59. The minimum Gasteiger partial charge on any atom is -0.462 e. The topological polar surface area (TPSA) is 116 Å². The van der Waals surface area contributed by atoms with Gasteiger partial charge in [-0.15, -0.1) is 0 Å². The van der Waals surface area contributed by atoms with E-state index in [-0.39, 0.29) is 19.8 Å². The third-order valence-electron chi connectivity index (χ3n) is 3.08. The van der Waals surface area contributed by atoms with E-state index in [1.165, 1.54) is 20.8 Å². The highest BCUT2D eigenvalue weighted by molar-refractivity contribution is 5.67. The second-order valence-corrected chi connectivity index (χ2v) is 5.79. The molecule has 28 heavy (non-hydrogen) atoms. The van der Waals surface area contributed by atoms with Crippen LogP contribution in [0.15, 0.2) is 0 Å². The lowest BCUT2D eigenvalue weighted by Crippen LogP contribution is -2.39. The van der Waals surface area contributed by atoms with Gasteiger partial charge in [-0.25, -0.2) is 0 Å². The van der Waals surface area contributed by atoms with Crippen LogP contribution in [0.25, 0.3) is 0 Å². The summed E-state index contributed by atoms with van der Waals surface area (Å²) in [5.41, 5.74) is 0. The van der Waals surface area contributed by atoms with E-state index in [2.05, 4.69) is 0 Å². The number of carbonyl (C=O) groups excluding carboxylic acids is 3. The van der Waals surface area contributed by atoms with Gasteiger partial charge in [0, 0.05) is 27.4 Å². The van der Waals surface area contributed by atoms with Gasteiger partial charge in [-0.1, -0.05) is 6.92 Å². The molecule has 0 heterocycles. The summed E-state index contributed by atoms with van der Waals surface area (Å²) in [6, 6.07) is 0. The van der Waals surface area contributed by atoms with Gasteiger partial charge in [0.25, 0.3) is 0 Å². The molecule has 0 saturated carbocycles. The molecule has 0 rings (SSSR count). The second-order valence-electron chi connectivity index (χ2n) is 5.79. The Morgan fingerprint density at radius 3 is 1.89 bits per heavy atom. The van der Waals surface area contributed by atoms with Crippen LogP contribution < -0.4 is 0 Å². The maximum Gasteiger partial charge on any atom is 0.318 e. The van der Waals surface area contributed by atoms with E-state index in [0.29, 0.717) is 19.8 Å². The zero-order chi connectivity index (χ0) is 21.4. The number of ether oxygens (including phenoxy) is 7. The van der Waals surface area contributed by atoms with Crippen molar-refractivity contribution >= 4 is 17.9 Å². The number of hydrogen-bond donors (Lipinski definition) is 0. The molecule has 0 N–H and O–H groups in total. The summed E-state index contributed by atoms with van der Waals surface area (Å²) < 4.78 is 36.4. The Bertz CT molecular complexity index is 454. The zero-order valence-electron chi connectivity index (χ0n) is 17.3. The maximum absolute atomic E-state index is 11.2. The van der Waals surface area contributed by atoms with Gasteiger partial charge in [0.15, 0.2) is 6.10 Å². The fourth-order valence-corrected chi connectivity index (χ4v) is 1.85. The molecule has 0 aliphatic heterocycles. The van der Waals surface area contributed by atoms with Crippen LogP contribution in [0.5, 0.6) is 0 Å². The Labute approximate surface area is 165 Å². The summed E-state index contributed by atoms with van der Waals surface area (Å²) >= 11 is 0. The van der Waals surface area contributed by atoms with E-state index in [0.717, 1.165) is 6.42 Å². The minimum absolute atomic E-state index is 0.0978. The van der Waals surface area contributed by atoms with Crippen molar-refractivity contribution in [2.75, 3.05) is 39.6 Å². The fraction of sp³-hybridized carbons (Fsp3) is 0.833. The molecule has 0 aromatic carbocycles. The van der Waals surface area contributed by atoms with Crippen LogP contribution in [0.4, 0.5) is 0 Å². The molecule has 3 atom stereocenters. The SMILES string of the molecule is CCCOCCOCCOC(OC(C)=O)OC(C)C(COC(C)=O)OC(C)=O. The number of esters is 3. The van der Waals surface area contributed by atoms with Crippen molar-refractivity contribution in [3.05, 3.63) is 0 Å². The standard InChI is InChI=1S/C18H32O10/c1-6-7-22-8-9-23-10-11-24-18(28-16(5)21)26-13(2)17(27-15(4)20)12-25-14(3)19/h13,17-18H,6-12H2,1-5H3. The zero-order valence-corrected chi connectivity index (χ0v) is 17.3. The first-order valence-electron chi connectivity index (χ1n) is 9.16. The van der Waals surface area contributed by atoms with Crippen LogP contribution in [0.1, 0.15) is 41.0 Å². The third kappa shape index (κ3) is 15.3. The fourth-order valence-electron chi connectivity index (χ4n) is 1.85. The highest BCUT2D eigenvalue weighted by Gasteiger charge is 2.27. The van der Waals surface area contributed by atoms with Gasteiger partial charge in [0.1, 0.15) is 12.7 Å². The van der Waals surface area contributed by atoms with Gasteiger partial charge in [0.2, 0.25) is 0 Å². The Kier molecular flexibility index (Phi) is 15.2. The smallest absolute Gasteiger partial charge is 0.318 e. The van der Waals surface area contributed by atoms with E-state index >= 15 is 0 Å². The van der Waals surface area contributed by atoms with Crippen LogP contribution in [0.3, 0.4) is 0 Å². The van der Waals surface area contributed by atoms with Crippen LogP contribution >= 0.6 is 0 Å². The van der Waals surface area contributed by atoms with E-state index in [9.17, 15) is 14.4 Å². The predicted molar refractivity (Wildman–Crippen MR) is 96.2 cm³/mol. The summed E-state index contributed by atoms with van der Waals surface area (Å²) in [7, 11) is 0. The molecule has 0 aliphatic rings. The Morgan fingerprint density at radius 1 is 0.786 bits per heavy atom. The van der Waals surface area contributed by atoms with Gasteiger partial charge in [-0.2, -0.15) is 0 Å². The summed E-state index contributed by atoms with van der Waals surface area (Å²) in [5.74, 6) is -1.72. The van der Waals surface area contributed by atoms with Crippen molar-refractivity contribution in [1.29, 1.82) is 0 Å². The first-order chi connectivity index (χ1) is 13.3. The van der Waals surface area contributed by atoms with Crippen molar-refractivity contribution in [2.24, 2.45) is 0 Å².